The van der Waals surface area contributed by atoms with E-state index in [-0.39, 0.29) is 35.5 Å². The van der Waals surface area contributed by atoms with Crippen molar-refractivity contribution in [3.63, 3.8) is 0 Å². The molecule has 3 aliphatic rings. The number of nitrogens with one attached hydrogen (secondary N) is 2. The number of anilines is 1. The number of amides is 4. The minimum Gasteiger partial charge on any atom is -0.457 e. The lowest BCUT2D eigenvalue weighted by Crippen LogP contribution is -2.52. The van der Waals surface area contributed by atoms with E-state index in [2.05, 4.69) is 10.6 Å². The van der Waals surface area contributed by atoms with Crippen LogP contribution in [0.4, 0.5) is 5.69 Å². The molecule has 2 unspecified atom stereocenters. The molecule has 2 aromatic rings. The zero-order valence-corrected chi connectivity index (χ0v) is 26.5. The Bertz CT molecular complexity index is 1230. The average molecular weight is 593 g/mol. The minimum atomic E-state index is -0.611. The summed E-state index contributed by atoms with van der Waals surface area (Å²) in [5, 5.41) is 6.01. The van der Waals surface area contributed by atoms with Gasteiger partial charge in [-0.1, -0.05) is 52.7 Å². The van der Waals surface area contributed by atoms with Crippen molar-refractivity contribution < 1.29 is 23.9 Å². The maximum absolute atomic E-state index is 13.4. The summed E-state index contributed by atoms with van der Waals surface area (Å²) in [5.74, 6) is 0.538. The first-order valence-corrected chi connectivity index (χ1v) is 15.5. The van der Waals surface area contributed by atoms with E-state index in [1.54, 1.807) is 34.1 Å². The van der Waals surface area contributed by atoms with Crippen LogP contribution in [0.1, 0.15) is 72.8 Å². The molecule has 0 fully saturated rings. The summed E-state index contributed by atoms with van der Waals surface area (Å²) in [4.78, 5) is 55.2. The van der Waals surface area contributed by atoms with Gasteiger partial charge in [0.1, 0.15) is 23.6 Å². The third-order valence-corrected chi connectivity index (χ3v) is 7.82. The summed E-state index contributed by atoms with van der Waals surface area (Å²) in [7, 11) is 0. The van der Waals surface area contributed by atoms with Crippen LogP contribution in [0, 0.1) is 11.8 Å². The number of benzene rings is 2. The predicted molar refractivity (Wildman–Crippen MR) is 169 cm³/mol. The molecule has 0 radical (unpaired) electrons. The Hall–Kier alpha value is -3.88. The van der Waals surface area contributed by atoms with E-state index in [9.17, 15) is 19.2 Å². The number of carbonyl (C=O) groups is 4. The van der Waals surface area contributed by atoms with E-state index < -0.39 is 12.1 Å². The maximum atomic E-state index is 13.4. The molecule has 0 aromatic heterocycles. The van der Waals surface area contributed by atoms with Crippen molar-refractivity contribution in [2.45, 2.75) is 85.7 Å². The first kappa shape index (κ1) is 33.6. The van der Waals surface area contributed by atoms with E-state index in [4.69, 9.17) is 4.74 Å². The molecule has 3 heterocycles. The van der Waals surface area contributed by atoms with Gasteiger partial charge in [0.25, 0.3) is 0 Å². The van der Waals surface area contributed by atoms with Gasteiger partial charge >= 0.3 is 0 Å². The monoisotopic (exact) mass is 592 g/mol. The second-order valence-electron chi connectivity index (χ2n) is 12.0. The highest BCUT2D eigenvalue weighted by Gasteiger charge is 2.32. The van der Waals surface area contributed by atoms with Crippen LogP contribution in [0.2, 0.25) is 0 Å². The Balaban J connectivity index is 1.83. The fourth-order valence-corrected chi connectivity index (χ4v) is 5.63. The number of fused-ring (bicyclic) bond motifs is 2. The number of hydrogen-bond donors (Lipinski definition) is 2. The zero-order chi connectivity index (χ0) is 31.5. The van der Waals surface area contributed by atoms with Gasteiger partial charge in [0, 0.05) is 39.2 Å². The number of hydrogen-bond acceptors (Lipinski definition) is 5. The Labute approximate surface area is 256 Å². The standard InChI is InChI=1S/C34H48N4O5/c1-23(2)31-33(41)35-20-19-27-11-15-29(16-12-27)43-30-17-13-28(14-18-30)36-34(42)32(24(3)4)38(26(6)40)22-10-8-7-9-21-37(31)25(5)39/h11-18,23-24,31-32H,7-10,19-22H2,1-6H3,(H,35,41)(H,36,42). The van der Waals surface area contributed by atoms with Crippen molar-refractivity contribution >= 4 is 29.3 Å². The van der Waals surface area contributed by atoms with Gasteiger partial charge in [0.2, 0.25) is 23.6 Å². The highest BCUT2D eigenvalue weighted by molar-refractivity contribution is 5.97. The molecular weight excluding hydrogens is 544 g/mol. The molecule has 0 saturated heterocycles. The summed E-state index contributed by atoms with van der Waals surface area (Å²) in [6, 6.07) is 13.7. The van der Waals surface area contributed by atoms with Crippen LogP contribution in [-0.2, 0) is 25.6 Å². The first-order chi connectivity index (χ1) is 20.5. The topological polar surface area (TPSA) is 108 Å². The summed E-state index contributed by atoms with van der Waals surface area (Å²) in [6.45, 7) is 12.2. The minimum absolute atomic E-state index is 0.0415. The van der Waals surface area contributed by atoms with Crippen LogP contribution in [0.3, 0.4) is 0 Å². The fraction of sp³-hybridized carbons (Fsp3) is 0.529. The molecule has 3 aliphatic heterocycles. The van der Waals surface area contributed by atoms with E-state index in [0.29, 0.717) is 43.2 Å². The van der Waals surface area contributed by atoms with Crippen LogP contribution >= 0.6 is 0 Å². The zero-order valence-electron chi connectivity index (χ0n) is 26.5. The second kappa shape index (κ2) is 16.1. The van der Waals surface area contributed by atoms with Gasteiger partial charge in [-0.2, -0.15) is 0 Å². The lowest BCUT2D eigenvalue weighted by Gasteiger charge is -2.33. The van der Waals surface area contributed by atoms with Gasteiger partial charge in [-0.25, -0.2) is 0 Å². The third-order valence-electron chi connectivity index (χ3n) is 7.82. The largest absolute Gasteiger partial charge is 0.457 e. The Kier molecular flexibility index (Phi) is 12.6. The average Bonchev–Trinajstić information content (AvgIpc) is 2.94. The van der Waals surface area contributed by atoms with E-state index in [1.807, 2.05) is 52.0 Å². The van der Waals surface area contributed by atoms with Crippen LogP contribution in [0.15, 0.2) is 48.5 Å². The summed E-state index contributed by atoms with van der Waals surface area (Å²) in [5.41, 5.74) is 1.68. The lowest BCUT2D eigenvalue weighted by molar-refractivity contribution is -0.140. The molecule has 0 aliphatic carbocycles. The molecule has 2 aromatic carbocycles. The van der Waals surface area contributed by atoms with Crippen molar-refractivity contribution in [2.75, 3.05) is 25.0 Å². The van der Waals surface area contributed by atoms with Gasteiger partial charge in [0.05, 0.1) is 0 Å². The van der Waals surface area contributed by atoms with E-state index in [0.717, 1.165) is 31.2 Å². The van der Waals surface area contributed by atoms with Crippen molar-refractivity contribution in [2.24, 2.45) is 11.8 Å². The normalized spacial score (nSPS) is 19.8. The van der Waals surface area contributed by atoms with Crippen LogP contribution in [0.25, 0.3) is 0 Å². The van der Waals surface area contributed by atoms with E-state index in [1.165, 1.54) is 13.8 Å². The van der Waals surface area contributed by atoms with Crippen molar-refractivity contribution in [3.05, 3.63) is 54.1 Å². The lowest BCUT2D eigenvalue weighted by atomic mass is 10.00. The number of nitrogens with zero attached hydrogens (tertiary/aromatic N) is 2. The SMILES string of the molecule is CC(=O)N1CCCCCCN(C(C)=O)C(C(C)C)C(=O)Nc2ccc(cc2)Oc2ccc(cc2)CCNC(=O)C1C(C)C. The van der Waals surface area contributed by atoms with Gasteiger partial charge in [-0.05, 0) is 73.1 Å². The quantitative estimate of drug-likeness (QED) is 0.486. The summed E-state index contributed by atoms with van der Waals surface area (Å²) in [6.07, 6.45) is 3.80. The van der Waals surface area contributed by atoms with Crippen LogP contribution in [0.5, 0.6) is 11.5 Å². The Morgan fingerprint density at radius 3 is 1.65 bits per heavy atom. The maximum Gasteiger partial charge on any atom is 0.247 e. The third kappa shape index (κ3) is 9.83. The van der Waals surface area contributed by atoms with Crippen molar-refractivity contribution in [1.82, 2.24) is 15.1 Å². The second-order valence-corrected chi connectivity index (χ2v) is 12.0. The molecular formula is C34H48N4O5. The molecule has 4 bridgehead atoms. The molecule has 9 nitrogen and oxygen atoms in total. The highest BCUT2D eigenvalue weighted by Crippen LogP contribution is 2.25. The van der Waals surface area contributed by atoms with E-state index >= 15 is 0 Å². The summed E-state index contributed by atoms with van der Waals surface area (Å²) >= 11 is 0. The molecule has 5 rings (SSSR count). The molecule has 2 N–H and O–H groups in total. The molecule has 2 atom stereocenters. The molecule has 43 heavy (non-hydrogen) atoms. The predicted octanol–water partition coefficient (Wildman–Crippen LogP) is 5.40. The highest BCUT2D eigenvalue weighted by atomic mass is 16.5. The molecule has 0 saturated carbocycles. The number of rotatable bonds is 2. The molecule has 9 heteroatoms. The van der Waals surface area contributed by atoms with Gasteiger partial charge in [-0.3, -0.25) is 19.2 Å². The number of carbonyl (C=O) groups excluding carboxylic acids is 4. The van der Waals surface area contributed by atoms with Gasteiger partial charge in [-0.15, -0.1) is 0 Å². The van der Waals surface area contributed by atoms with Crippen molar-refractivity contribution in [3.8, 4) is 11.5 Å². The fourth-order valence-electron chi connectivity index (χ4n) is 5.63. The smallest absolute Gasteiger partial charge is 0.247 e. The first-order valence-electron chi connectivity index (χ1n) is 15.5. The van der Waals surface area contributed by atoms with Crippen LogP contribution in [-0.4, -0.2) is 65.1 Å². The Morgan fingerprint density at radius 1 is 0.721 bits per heavy atom. The molecule has 0 spiro atoms. The summed E-state index contributed by atoms with van der Waals surface area (Å²) < 4.78 is 5.99. The van der Waals surface area contributed by atoms with Crippen molar-refractivity contribution in [1.29, 1.82) is 0 Å². The molecule has 234 valence electrons. The number of ether oxygens (including phenoxy) is 1. The van der Waals surface area contributed by atoms with Gasteiger partial charge < -0.3 is 25.2 Å². The van der Waals surface area contributed by atoms with Gasteiger partial charge in [0.15, 0.2) is 0 Å². The van der Waals surface area contributed by atoms with Crippen LogP contribution < -0.4 is 15.4 Å². The Morgan fingerprint density at radius 2 is 1.19 bits per heavy atom. The molecule has 4 amide bonds.